The second-order valence-corrected chi connectivity index (χ2v) is 24.7. The Balaban J connectivity index is 0.000000123. The van der Waals surface area contributed by atoms with Crippen molar-refractivity contribution in [1.82, 2.24) is 13.7 Å². The maximum atomic E-state index is 7.56. The fourth-order valence-corrected chi connectivity index (χ4v) is 15.7. The van der Waals surface area contributed by atoms with Crippen LogP contribution in [0.4, 0.5) is 0 Å². The quantitative estimate of drug-likeness (QED) is 0.139. The summed E-state index contributed by atoms with van der Waals surface area (Å²) < 4.78 is 7.27. The van der Waals surface area contributed by atoms with Gasteiger partial charge in [0, 0.05) is 57.1 Å². The van der Waals surface area contributed by atoms with E-state index in [4.69, 9.17) is 17.2 Å². The van der Waals surface area contributed by atoms with Crippen LogP contribution >= 0.6 is 0 Å². The van der Waals surface area contributed by atoms with E-state index in [-0.39, 0.29) is 11.1 Å². The lowest BCUT2D eigenvalue weighted by Gasteiger charge is -2.40. The van der Waals surface area contributed by atoms with Gasteiger partial charge in [-0.05, 0) is 199 Å². The fourth-order valence-electron chi connectivity index (χ4n) is 15.7. The molecule has 0 radical (unpaired) electrons. The molecule has 6 N–H and O–H groups in total. The van der Waals surface area contributed by atoms with E-state index in [9.17, 15) is 0 Å². The van der Waals surface area contributed by atoms with Crippen LogP contribution in [0.2, 0.25) is 0 Å². The summed E-state index contributed by atoms with van der Waals surface area (Å²) in [5, 5.41) is 4.14. The molecule has 2 bridgehead atoms. The van der Waals surface area contributed by atoms with Crippen molar-refractivity contribution in [3.63, 3.8) is 0 Å². The highest BCUT2D eigenvalue weighted by molar-refractivity contribution is 5.95. The lowest BCUT2D eigenvalue weighted by atomic mass is 9.73. The topological polar surface area (TPSA) is 92.8 Å². The third-order valence-electron chi connectivity index (χ3n) is 19.6. The van der Waals surface area contributed by atoms with Crippen molar-refractivity contribution in [2.24, 2.45) is 24.2 Å². The molecule has 8 aliphatic carbocycles. The Kier molecular flexibility index (Phi) is 15.5. The SMILES string of the molecule is CC/C=C1/CCCC(N)(C(=C2CCCCC2)n2c3c(c4ccccc42)C2CCCC2=CC=C3)C1.CCCCC1C/C=C\C=C/c2c1c1ccccc1n2C.NC(=C1CCC1)n1c2c(c3ccccc31)C1(N)CCC/C(=C/C=C\2)C1. The largest absolute Gasteiger partial charge is 0.385 e. The van der Waals surface area contributed by atoms with Crippen molar-refractivity contribution in [2.75, 3.05) is 0 Å². The first-order valence-corrected chi connectivity index (χ1v) is 31.1. The predicted molar refractivity (Wildman–Crippen MR) is 338 cm³/mol. The third kappa shape index (κ3) is 10.1. The van der Waals surface area contributed by atoms with Gasteiger partial charge in [-0.25, -0.2) is 0 Å². The van der Waals surface area contributed by atoms with Gasteiger partial charge in [0.25, 0.3) is 0 Å². The van der Waals surface area contributed by atoms with Crippen LogP contribution in [-0.4, -0.2) is 19.2 Å². The zero-order valence-electron chi connectivity index (χ0n) is 48.0. The van der Waals surface area contributed by atoms with Crippen LogP contribution in [0.5, 0.6) is 0 Å². The summed E-state index contributed by atoms with van der Waals surface area (Å²) in [6.07, 6.45) is 53.9. The number of nitrogens with zero attached hydrogens (tertiary/aromatic N) is 3. The van der Waals surface area contributed by atoms with Crippen molar-refractivity contribution in [2.45, 2.75) is 191 Å². The number of para-hydroxylation sites is 3. The molecule has 5 fully saturated rings. The zero-order valence-corrected chi connectivity index (χ0v) is 48.0. The van der Waals surface area contributed by atoms with Crippen molar-refractivity contribution in [3.8, 4) is 0 Å². The standard InChI is InChI=1S/C32H40N2.C22H25N3.C19H23N/c1-2-11-23-12-10-21-32(33,22-23)31(25-13-4-3-5-14-25)34-28-19-7-6-17-27(28)30-26-18-8-15-24(26)16-9-20-29(30)34;23-21(16-8-4-9-16)25-18-11-2-1-10-17(18)20-19(25)12-3-6-15-7-5-13-22(20,24)14-15;1-3-4-10-15-11-6-5-7-14-18-19(15)16-12-8-9-13-17(16)20(18)2/h6-7,9,11,16-17,19-20,26H,2-5,8,10,12-15,18,21-22,33H2,1H3;1-3,6,10-12H,4-5,7-9,13-14,23-24H2;5-9,12-15H,3-4,10-11H2,1-2H3/b23-11-;12-3-,15-6-;6-5-,14-7-. The second-order valence-electron chi connectivity index (χ2n) is 24.7. The van der Waals surface area contributed by atoms with E-state index in [0.717, 1.165) is 63.6 Å². The molecule has 6 nitrogen and oxygen atoms in total. The zero-order chi connectivity index (χ0) is 54.1. The van der Waals surface area contributed by atoms with E-state index in [1.54, 1.807) is 27.8 Å². The van der Waals surface area contributed by atoms with Gasteiger partial charge in [0.2, 0.25) is 0 Å². The maximum absolute atomic E-state index is 7.56. The first-order chi connectivity index (χ1) is 38.7. The van der Waals surface area contributed by atoms with Crippen LogP contribution in [0, 0.1) is 0 Å². The second kappa shape index (κ2) is 23.0. The Hall–Kier alpha value is -6.34. The smallest absolute Gasteiger partial charge is 0.107 e. The minimum absolute atomic E-state index is 0.284. The lowest BCUT2D eigenvalue weighted by Crippen LogP contribution is -2.46. The average molecular weight is 1050 g/mol. The molecule has 0 amide bonds. The monoisotopic (exact) mass is 1050 g/mol. The van der Waals surface area contributed by atoms with Gasteiger partial charge in [-0.15, -0.1) is 0 Å². The van der Waals surface area contributed by atoms with Gasteiger partial charge in [0.05, 0.1) is 28.0 Å². The number of allylic oxidation sites excluding steroid dienone is 11. The number of hydrogen-bond acceptors (Lipinski definition) is 3. The molecule has 0 spiro atoms. The highest BCUT2D eigenvalue weighted by atomic mass is 15.1. The van der Waals surface area contributed by atoms with E-state index in [1.807, 2.05) is 0 Å². The lowest BCUT2D eigenvalue weighted by molar-refractivity contribution is 0.355. The third-order valence-corrected chi connectivity index (χ3v) is 19.6. The summed E-state index contributed by atoms with van der Waals surface area (Å²) in [6.45, 7) is 4.54. The molecule has 3 aromatic heterocycles. The molecule has 3 aromatic carbocycles. The minimum atomic E-state index is -0.292. The van der Waals surface area contributed by atoms with E-state index < -0.39 is 0 Å². The van der Waals surface area contributed by atoms with Crippen LogP contribution < -0.4 is 17.2 Å². The summed E-state index contributed by atoms with van der Waals surface area (Å²) in [7, 11) is 2.19. The Labute approximate surface area is 472 Å². The Morgan fingerprint density at radius 2 is 1.30 bits per heavy atom. The highest BCUT2D eigenvalue weighted by Crippen LogP contribution is 2.51. The Morgan fingerprint density at radius 1 is 0.620 bits per heavy atom. The first kappa shape index (κ1) is 53.3. The van der Waals surface area contributed by atoms with Crippen LogP contribution in [0.25, 0.3) is 62.5 Å². The van der Waals surface area contributed by atoms with Crippen LogP contribution in [-0.2, 0) is 12.6 Å². The molecule has 8 aliphatic rings. The van der Waals surface area contributed by atoms with Crippen LogP contribution in [0.3, 0.4) is 0 Å². The molecule has 0 aliphatic heterocycles. The van der Waals surface area contributed by atoms with Gasteiger partial charge >= 0.3 is 0 Å². The molecule has 6 heteroatoms. The summed E-state index contributed by atoms with van der Waals surface area (Å²) >= 11 is 0. The number of aryl methyl sites for hydroxylation is 1. The first-order valence-electron chi connectivity index (χ1n) is 31.1. The number of aromatic nitrogens is 3. The van der Waals surface area contributed by atoms with Crippen molar-refractivity contribution in [3.05, 3.63) is 183 Å². The van der Waals surface area contributed by atoms with Crippen LogP contribution in [0.1, 0.15) is 214 Å². The van der Waals surface area contributed by atoms with E-state index in [2.05, 4.69) is 174 Å². The van der Waals surface area contributed by atoms with Gasteiger partial charge in [0.1, 0.15) is 5.82 Å². The van der Waals surface area contributed by atoms with Crippen molar-refractivity contribution < 1.29 is 0 Å². The van der Waals surface area contributed by atoms with E-state index in [1.165, 1.54) is 169 Å². The summed E-state index contributed by atoms with van der Waals surface area (Å²) in [5.41, 5.74) is 42.1. The highest BCUT2D eigenvalue weighted by Gasteiger charge is 2.41. The molecule has 5 saturated carbocycles. The average Bonchev–Trinajstić information content (AvgIpc) is 4.14. The van der Waals surface area contributed by atoms with Crippen LogP contribution in [0.15, 0.2) is 149 Å². The predicted octanol–water partition coefficient (Wildman–Crippen LogP) is 18.7. The number of unbranched alkanes of at least 4 members (excludes halogenated alkanes) is 1. The van der Waals surface area contributed by atoms with Gasteiger partial charge < -0.3 is 26.3 Å². The summed E-state index contributed by atoms with van der Waals surface area (Å²) in [6, 6.07) is 26.6. The van der Waals surface area contributed by atoms with Gasteiger partial charge in [0.15, 0.2) is 0 Å². The molecule has 410 valence electrons. The molecule has 79 heavy (non-hydrogen) atoms. The normalized spacial score (nSPS) is 26.4. The minimum Gasteiger partial charge on any atom is -0.385 e. The molecule has 0 saturated heterocycles. The molecule has 6 aromatic rings. The number of fused-ring (bicyclic) bond motifs is 14. The molecular weight excluding hydrogens is 961 g/mol. The molecule has 4 unspecified atom stereocenters. The maximum Gasteiger partial charge on any atom is 0.107 e. The summed E-state index contributed by atoms with van der Waals surface area (Å²) in [4.78, 5) is 0. The number of rotatable bonds is 7. The van der Waals surface area contributed by atoms with Gasteiger partial charge in [-0.1, -0.05) is 153 Å². The Morgan fingerprint density at radius 3 is 2.06 bits per heavy atom. The molecular formula is C73H88N6. The van der Waals surface area contributed by atoms with E-state index >= 15 is 0 Å². The molecule has 3 heterocycles. The number of nitrogens with two attached hydrogens (primary N) is 3. The van der Waals surface area contributed by atoms with Crippen molar-refractivity contribution >= 4 is 62.5 Å². The number of hydrogen-bond donors (Lipinski definition) is 3. The Bertz CT molecular complexity index is 3550. The molecule has 14 rings (SSSR count). The van der Waals surface area contributed by atoms with E-state index in [0.29, 0.717) is 11.8 Å². The van der Waals surface area contributed by atoms with Crippen molar-refractivity contribution in [1.29, 1.82) is 0 Å². The summed E-state index contributed by atoms with van der Waals surface area (Å²) in [5.74, 6) is 2.12. The fraction of sp³-hybridized carbons (Fsp3) is 0.425. The van der Waals surface area contributed by atoms with Gasteiger partial charge in [-0.3, -0.25) is 4.57 Å². The molecule has 4 atom stereocenters. The number of benzene rings is 3. The van der Waals surface area contributed by atoms with Gasteiger partial charge in [-0.2, -0.15) is 0 Å².